The van der Waals surface area contributed by atoms with E-state index in [1.807, 2.05) is 0 Å². The number of rotatable bonds is 0. The number of allylic oxidation sites excluding steroid dienone is 2. The molecule has 0 atom stereocenters. The van der Waals surface area contributed by atoms with Crippen molar-refractivity contribution in [1.82, 2.24) is 0 Å². The summed E-state index contributed by atoms with van der Waals surface area (Å²) in [6.45, 7) is 0. The van der Waals surface area contributed by atoms with Crippen LogP contribution < -0.4 is 0 Å². The second-order valence-corrected chi connectivity index (χ2v) is 5.27. The largest absolute Gasteiger partial charge is 0.300 e. The fraction of sp³-hybridized carbons (Fsp3) is 0.812. The van der Waals surface area contributed by atoms with Crippen LogP contribution in [0.3, 0.4) is 0 Å². The fourth-order valence-electron chi connectivity index (χ4n) is 2.41. The summed E-state index contributed by atoms with van der Waals surface area (Å²) in [5.41, 5.74) is 0. The van der Waals surface area contributed by atoms with E-state index in [0.29, 0.717) is 5.78 Å². The Balaban J connectivity index is 2.18. The molecular weight excluding hydrogens is 208 g/mol. The average Bonchev–Trinajstić information content (AvgIpc) is 2.32. The zero-order valence-electron chi connectivity index (χ0n) is 11.3. The van der Waals surface area contributed by atoms with Crippen LogP contribution in [0, 0.1) is 0 Å². The maximum Gasteiger partial charge on any atom is 0.132 e. The monoisotopic (exact) mass is 236 g/mol. The summed E-state index contributed by atoms with van der Waals surface area (Å²) in [5, 5.41) is 0. The third-order valence-corrected chi connectivity index (χ3v) is 3.57. The second-order valence-electron chi connectivity index (χ2n) is 5.27. The molecule has 1 nitrogen and oxygen atoms in total. The van der Waals surface area contributed by atoms with Gasteiger partial charge in [-0.1, -0.05) is 44.3 Å². The van der Waals surface area contributed by atoms with Crippen LogP contribution in [-0.4, -0.2) is 5.78 Å². The second kappa shape index (κ2) is 10.6. The summed E-state index contributed by atoms with van der Waals surface area (Å²) in [5.74, 6) is 0.497. The topological polar surface area (TPSA) is 17.1 Å². The van der Waals surface area contributed by atoms with Crippen molar-refractivity contribution < 1.29 is 4.79 Å². The molecule has 0 saturated carbocycles. The molecule has 98 valence electrons. The van der Waals surface area contributed by atoms with E-state index in [2.05, 4.69) is 12.2 Å². The molecule has 0 heterocycles. The molecule has 0 N–H and O–H groups in total. The van der Waals surface area contributed by atoms with Gasteiger partial charge in [0.15, 0.2) is 0 Å². The molecule has 0 saturated heterocycles. The first-order valence-electron chi connectivity index (χ1n) is 7.56. The van der Waals surface area contributed by atoms with E-state index < -0.39 is 0 Å². The summed E-state index contributed by atoms with van der Waals surface area (Å²) < 4.78 is 0. The molecule has 0 fully saturated rings. The Morgan fingerprint density at radius 1 is 0.588 bits per heavy atom. The van der Waals surface area contributed by atoms with Gasteiger partial charge < -0.3 is 0 Å². The number of Topliss-reactive ketones (excluding diaryl/α,β-unsaturated/α-hetero) is 1. The highest BCUT2D eigenvalue weighted by Gasteiger charge is 2.01. The molecule has 17 heavy (non-hydrogen) atoms. The quantitative estimate of drug-likeness (QED) is 0.528. The van der Waals surface area contributed by atoms with E-state index in [1.54, 1.807) is 0 Å². The van der Waals surface area contributed by atoms with Gasteiger partial charge in [-0.3, -0.25) is 4.79 Å². The van der Waals surface area contributed by atoms with Gasteiger partial charge in [-0.05, 0) is 38.5 Å². The third kappa shape index (κ3) is 9.14. The highest BCUT2D eigenvalue weighted by atomic mass is 16.1. The summed E-state index contributed by atoms with van der Waals surface area (Å²) in [6.07, 6.45) is 20.1. The van der Waals surface area contributed by atoms with E-state index in [9.17, 15) is 4.79 Å². The third-order valence-electron chi connectivity index (χ3n) is 3.57. The van der Waals surface area contributed by atoms with Crippen LogP contribution >= 0.6 is 0 Å². The van der Waals surface area contributed by atoms with Crippen LogP contribution in [0.4, 0.5) is 0 Å². The van der Waals surface area contributed by atoms with Crippen LogP contribution in [0.1, 0.15) is 83.5 Å². The van der Waals surface area contributed by atoms with Crippen molar-refractivity contribution in [2.45, 2.75) is 83.5 Å². The Labute approximate surface area is 107 Å². The van der Waals surface area contributed by atoms with Crippen molar-refractivity contribution in [3.63, 3.8) is 0 Å². The van der Waals surface area contributed by atoms with Crippen LogP contribution in [0.25, 0.3) is 0 Å². The lowest BCUT2D eigenvalue weighted by Crippen LogP contribution is -1.97. The van der Waals surface area contributed by atoms with Crippen molar-refractivity contribution in [3.8, 4) is 0 Å². The van der Waals surface area contributed by atoms with Gasteiger partial charge >= 0.3 is 0 Å². The minimum atomic E-state index is 0.497. The molecule has 0 radical (unpaired) electrons. The highest BCUT2D eigenvalue weighted by molar-refractivity contribution is 5.78. The highest BCUT2D eigenvalue weighted by Crippen LogP contribution is 2.12. The van der Waals surface area contributed by atoms with Gasteiger partial charge in [0.2, 0.25) is 0 Å². The number of carbonyl (C=O) groups excluding carboxylic acids is 1. The SMILES string of the molecule is O=C1CCCCCC/C=C/CCCCCCC1. The number of hydrogen-bond donors (Lipinski definition) is 0. The summed E-state index contributed by atoms with van der Waals surface area (Å²) in [4.78, 5) is 11.6. The predicted octanol–water partition coefficient (Wildman–Crippen LogP) is 5.20. The first-order valence-corrected chi connectivity index (χ1v) is 7.56. The van der Waals surface area contributed by atoms with Crippen molar-refractivity contribution >= 4 is 5.78 Å². The molecule has 0 bridgehead atoms. The lowest BCUT2D eigenvalue weighted by Gasteiger charge is -2.03. The van der Waals surface area contributed by atoms with E-state index >= 15 is 0 Å². The first-order chi connectivity index (χ1) is 8.39. The molecule has 0 amide bonds. The summed E-state index contributed by atoms with van der Waals surface area (Å²) in [6, 6.07) is 0. The lowest BCUT2D eigenvalue weighted by molar-refractivity contribution is -0.119. The van der Waals surface area contributed by atoms with E-state index in [0.717, 1.165) is 25.7 Å². The van der Waals surface area contributed by atoms with Crippen molar-refractivity contribution in [3.05, 3.63) is 12.2 Å². The van der Waals surface area contributed by atoms with Gasteiger partial charge in [0.25, 0.3) is 0 Å². The molecule has 0 aromatic rings. The standard InChI is InChI=1S/C16H28O/c17-16-14-12-10-8-6-4-2-1-3-5-7-9-11-13-15-16/h1-2H,3-15H2/b2-1+. The average molecular weight is 236 g/mol. The Morgan fingerprint density at radius 3 is 1.53 bits per heavy atom. The Kier molecular flexibility index (Phi) is 8.99. The maximum absolute atomic E-state index is 11.6. The van der Waals surface area contributed by atoms with Crippen LogP contribution in [0.2, 0.25) is 0 Å². The van der Waals surface area contributed by atoms with E-state index in [4.69, 9.17) is 0 Å². The minimum absolute atomic E-state index is 0.497. The summed E-state index contributed by atoms with van der Waals surface area (Å²) in [7, 11) is 0. The number of hydrogen-bond acceptors (Lipinski definition) is 1. The summed E-state index contributed by atoms with van der Waals surface area (Å²) >= 11 is 0. The Hall–Kier alpha value is -0.590. The molecule has 1 heteroatoms. The molecule has 0 aliphatic heterocycles. The van der Waals surface area contributed by atoms with Gasteiger partial charge in [0.05, 0.1) is 0 Å². The number of ketones is 1. The molecule has 1 rings (SSSR count). The van der Waals surface area contributed by atoms with Gasteiger partial charge in [0, 0.05) is 12.8 Å². The van der Waals surface area contributed by atoms with Crippen LogP contribution in [0.15, 0.2) is 12.2 Å². The van der Waals surface area contributed by atoms with E-state index in [-0.39, 0.29) is 0 Å². The van der Waals surface area contributed by atoms with E-state index in [1.165, 1.54) is 57.8 Å². The molecule has 0 aromatic heterocycles. The lowest BCUT2D eigenvalue weighted by atomic mass is 10.0. The predicted molar refractivity (Wildman–Crippen MR) is 74.2 cm³/mol. The molecule has 1 aliphatic rings. The molecule has 0 unspecified atom stereocenters. The minimum Gasteiger partial charge on any atom is -0.300 e. The van der Waals surface area contributed by atoms with Crippen molar-refractivity contribution in [2.24, 2.45) is 0 Å². The van der Waals surface area contributed by atoms with Crippen LogP contribution in [-0.2, 0) is 4.79 Å². The molecule has 1 aliphatic carbocycles. The van der Waals surface area contributed by atoms with Crippen LogP contribution in [0.5, 0.6) is 0 Å². The Morgan fingerprint density at radius 2 is 1.00 bits per heavy atom. The van der Waals surface area contributed by atoms with Crippen molar-refractivity contribution in [2.75, 3.05) is 0 Å². The van der Waals surface area contributed by atoms with Gasteiger partial charge in [-0.15, -0.1) is 0 Å². The molecule has 0 spiro atoms. The van der Waals surface area contributed by atoms with Gasteiger partial charge in [-0.25, -0.2) is 0 Å². The van der Waals surface area contributed by atoms with Gasteiger partial charge in [-0.2, -0.15) is 0 Å². The fourth-order valence-corrected chi connectivity index (χ4v) is 2.41. The molecule has 0 aromatic carbocycles. The smallest absolute Gasteiger partial charge is 0.132 e. The maximum atomic E-state index is 11.6. The number of carbonyl (C=O) groups is 1. The zero-order valence-corrected chi connectivity index (χ0v) is 11.3. The normalized spacial score (nSPS) is 24.4. The van der Waals surface area contributed by atoms with Gasteiger partial charge in [0.1, 0.15) is 5.78 Å². The van der Waals surface area contributed by atoms with Crippen molar-refractivity contribution in [1.29, 1.82) is 0 Å². The molecular formula is C16H28O. The zero-order chi connectivity index (χ0) is 12.2. The Bertz CT molecular complexity index is 218. The first kappa shape index (κ1) is 14.5.